The first-order valence-corrected chi connectivity index (χ1v) is 4.49. The number of nitrogens with two attached hydrogens (primary N) is 1. The van der Waals surface area contributed by atoms with Gasteiger partial charge < -0.3 is 15.0 Å². The van der Waals surface area contributed by atoms with Gasteiger partial charge in [-0.05, 0) is 12.1 Å². The van der Waals surface area contributed by atoms with Gasteiger partial charge >= 0.3 is 5.97 Å². The number of para-hydroxylation sites is 2. The number of hydrogen-bond acceptors (Lipinski definition) is 4. The summed E-state index contributed by atoms with van der Waals surface area (Å²) in [6.45, 7) is 0. The zero-order valence-corrected chi connectivity index (χ0v) is 8.25. The second-order valence-corrected chi connectivity index (χ2v) is 3.11. The highest BCUT2D eigenvalue weighted by atomic mass is 16.5. The summed E-state index contributed by atoms with van der Waals surface area (Å²) in [4.78, 5) is 15.4. The van der Waals surface area contributed by atoms with Crippen LogP contribution in [-0.4, -0.2) is 22.6 Å². The van der Waals surface area contributed by atoms with Crippen LogP contribution in [0.2, 0.25) is 0 Å². The summed E-state index contributed by atoms with van der Waals surface area (Å²) in [5.41, 5.74) is 7.33. The van der Waals surface area contributed by atoms with Crippen LogP contribution in [0.25, 0.3) is 11.0 Å². The van der Waals surface area contributed by atoms with E-state index in [2.05, 4.69) is 9.72 Å². The van der Waals surface area contributed by atoms with Crippen molar-refractivity contribution in [2.75, 3.05) is 7.11 Å². The lowest BCUT2D eigenvalue weighted by atomic mass is 10.3. The Morgan fingerprint density at radius 1 is 1.53 bits per heavy atom. The first-order chi connectivity index (χ1) is 7.24. The number of benzene rings is 1. The summed E-state index contributed by atoms with van der Waals surface area (Å²) in [6, 6.07) is 7.45. The van der Waals surface area contributed by atoms with E-state index in [0.29, 0.717) is 0 Å². The van der Waals surface area contributed by atoms with Crippen molar-refractivity contribution in [2.45, 2.75) is 6.17 Å². The number of methoxy groups -OCH3 is 1. The topological polar surface area (TPSA) is 70.1 Å². The molecule has 0 aliphatic carbocycles. The molecule has 1 atom stereocenters. The van der Waals surface area contributed by atoms with E-state index in [1.165, 1.54) is 13.4 Å². The van der Waals surface area contributed by atoms with Crippen molar-refractivity contribution in [2.24, 2.45) is 5.73 Å². The highest BCUT2D eigenvalue weighted by Gasteiger charge is 2.17. The molecule has 0 fully saturated rings. The summed E-state index contributed by atoms with van der Waals surface area (Å²) in [7, 11) is 1.31. The Morgan fingerprint density at radius 3 is 3.00 bits per heavy atom. The lowest BCUT2D eigenvalue weighted by Gasteiger charge is -2.11. The molecule has 1 heterocycles. The lowest BCUT2D eigenvalue weighted by Crippen LogP contribution is -2.28. The van der Waals surface area contributed by atoms with Gasteiger partial charge in [0.15, 0.2) is 6.17 Å². The second-order valence-electron chi connectivity index (χ2n) is 3.11. The standard InChI is InChI=1S/C10H11N3O2/c1-15-10(14)9(11)13-6-12-7-4-2-3-5-8(7)13/h2-6,9H,11H2,1H3. The highest BCUT2D eigenvalue weighted by molar-refractivity contribution is 5.80. The number of hydrogen-bond donors (Lipinski definition) is 1. The third-order valence-corrected chi connectivity index (χ3v) is 2.22. The lowest BCUT2D eigenvalue weighted by molar-refractivity contribution is -0.144. The molecule has 2 N–H and O–H groups in total. The average Bonchev–Trinajstić information content (AvgIpc) is 2.70. The first kappa shape index (κ1) is 9.67. The summed E-state index contributed by atoms with van der Waals surface area (Å²) < 4.78 is 6.16. The Morgan fingerprint density at radius 2 is 2.27 bits per heavy atom. The molecular weight excluding hydrogens is 194 g/mol. The monoisotopic (exact) mass is 205 g/mol. The van der Waals surface area contributed by atoms with Gasteiger partial charge in [0.05, 0.1) is 24.5 Å². The molecule has 0 aliphatic rings. The summed E-state index contributed by atoms with van der Waals surface area (Å²) in [6.07, 6.45) is 0.689. The Hall–Kier alpha value is -1.88. The number of rotatable bonds is 2. The molecule has 1 aromatic carbocycles. The molecule has 0 bridgehead atoms. The van der Waals surface area contributed by atoms with E-state index in [0.717, 1.165) is 11.0 Å². The molecule has 0 spiro atoms. The highest BCUT2D eigenvalue weighted by Crippen LogP contribution is 2.15. The predicted molar refractivity (Wildman–Crippen MR) is 55.0 cm³/mol. The minimum atomic E-state index is -0.845. The molecule has 78 valence electrons. The Labute approximate surface area is 86.5 Å². The molecule has 2 aromatic rings. The average molecular weight is 205 g/mol. The van der Waals surface area contributed by atoms with Gasteiger partial charge in [-0.1, -0.05) is 12.1 Å². The number of fused-ring (bicyclic) bond motifs is 1. The number of ether oxygens (including phenoxy) is 1. The van der Waals surface area contributed by atoms with Gasteiger partial charge in [-0.15, -0.1) is 0 Å². The zero-order valence-electron chi connectivity index (χ0n) is 8.25. The Balaban J connectivity index is 2.48. The van der Waals surface area contributed by atoms with Crippen molar-refractivity contribution in [3.63, 3.8) is 0 Å². The van der Waals surface area contributed by atoms with E-state index < -0.39 is 12.1 Å². The van der Waals surface area contributed by atoms with Crippen molar-refractivity contribution in [1.29, 1.82) is 0 Å². The van der Waals surface area contributed by atoms with Crippen LogP contribution in [0, 0.1) is 0 Å². The van der Waals surface area contributed by atoms with Gasteiger partial charge in [-0.3, -0.25) is 0 Å². The molecule has 0 saturated heterocycles. The van der Waals surface area contributed by atoms with Crippen molar-refractivity contribution in [1.82, 2.24) is 9.55 Å². The molecule has 1 aromatic heterocycles. The van der Waals surface area contributed by atoms with E-state index in [9.17, 15) is 4.79 Å². The number of nitrogens with zero attached hydrogens (tertiary/aromatic N) is 2. The van der Waals surface area contributed by atoms with E-state index in [1.54, 1.807) is 4.57 Å². The van der Waals surface area contributed by atoms with Crippen molar-refractivity contribution in [3.8, 4) is 0 Å². The third kappa shape index (κ3) is 1.57. The van der Waals surface area contributed by atoms with Crippen LogP contribution >= 0.6 is 0 Å². The summed E-state index contributed by atoms with van der Waals surface area (Å²) in [5.74, 6) is -0.488. The van der Waals surface area contributed by atoms with E-state index >= 15 is 0 Å². The minimum absolute atomic E-state index is 0.488. The predicted octanol–water partition coefficient (Wildman–Crippen LogP) is 0.667. The van der Waals surface area contributed by atoms with Crippen molar-refractivity contribution in [3.05, 3.63) is 30.6 Å². The summed E-state index contributed by atoms with van der Waals surface area (Å²) >= 11 is 0. The zero-order chi connectivity index (χ0) is 10.8. The SMILES string of the molecule is COC(=O)C(N)n1cnc2ccccc21. The van der Waals surface area contributed by atoms with Crippen LogP contribution < -0.4 is 5.73 Å². The number of carbonyl (C=O) groups is 1. The maximum Gasteiger partial charge on any atom is 0.343 e. The van der Waals surface area contributed by atoms with Crippen LogP contribution in [0.15, 0.2) is 30.6 Å². The first-order valence-electron chi connectivity index (χ1n) is 4.49. The minimum Gasteiger partial charge on any atom is -0.466 e. The molecule has 5 heteroatoms. The molecule has 5 nitrogen and oxygen atoms in total. The van der Waals surface area contributed by atoms with Gasteiger partial charge in [0.2, 0.25) is 0 Å². The molecule has 0 saturated carbocycles. The Bertz CT molecular complexity index is 492. The maximum atomic E-state index is 11.3. The fraction of sp³-hybridized carbons (Fsp3) is 0.200. The fourth-order valence-electron chi connectivity index (χ4n) is 1.43. The van der Waals surface area contributed by atoms with Gasteiger partial charge in [0.25, 0.3) is 0 Å². The largest absolute Gasteiger partial charge is 0.466 e. The maximum absolute atomic E-state index is 11.3. The van der Waals surface area contributed by atoms with Crippen LogP contribution in [-0.2, 0) is 9.53 Å². The van der Waals surface area contributed by atoms with E-state index in [-0.39, 0.29) is 0 Å². The molecule has 15 heavy (non-hydrogen) atoms. The number of aromatic nitrogens is 2. The smallest absolute Gasteiger partial charge is 0.343 e. The molecule has 0 radical (unpaired) electrons. The van der Waals surface area contributed by atoms with Crippen LogP contribution in [0.3, 0.4) is 0 Å². The van der Waals surface area contributed by atoms with Crippen LogP contribution in [0.4, 0.5) is 0 Å². The second kappa shape index (κ2) is 3.70. The van der Waals surface area contributed by atoms with Gasteiger partial charge in [-0.25, -0.2) is 9.78 Å². The third-order valence-electron chi connectivity index (χ3n) is 2.22. The molecule has 1 unspecified atom stereocenters. The van der Waals surface area contributed by atoms with Crippen LogP contribution in [0.1, 0.15) is 6.17 Å². The number of carbonyl (C=O) groups excluding carboxylic acids is 1. The van der Waals surface area contributed by atoms with Gasteiger partial charge in [0, 0.05) is 0 Å². The number of esters is 1. The molecular formula is C10H11N3O2. The number of imidazole rings is 1. The molecule has 2 rings (SSSR count). The molecule has 0 aliphatic heterocycles. The van der Waals surface area contributed by atoms with Gasteiger partial charge in [0.1, 0.15) is 0 Å². The summed E-state index contributed by atoms with van der Waals surface area (Å²) in [5, 5.41) is 0. The van der Waals surface area contributed by atoms with Crippen molar-refractivity contribution >= 4 is 17.0 Å². The van der Waals surface area contributed by atoms with Crippen LogP contribution in [0.5, 0.6) is 0 Å². The quantitative estimate of drug-likeness (QED) is 0.731. The Kier molecular flexibility index (Phi) is 2.39. The normalized spacial score (nSPS) is 12.7. The van der Waals surface area contributed by atoms with E-state index in [1.807, 2.05) is 24.3 Å². The molecule has 0 amide bonds. The van der Waals surface area contributed by atoms with E-state index in [4.69, 9.17) is 5.73 Å². The van der Waals surface area contributed by atoms with Gasteiger partial charge in [-0.2, -0.15) is 0 Å². The fourth-order valence-corrected chi connectivity index (χ4v) is 1.43. The van der Waals surface area contributed by atoms with Crippen molar-refractivity contribution < 1.29 is 9.53 Å².